The zero-order chi connectivity index (χ0) is 12.4. The number of nitrogens with two attached hydrogens (primary N) is 1. The van der Waals surface area contributed by atoms with Gasteiger partial charge in [0.1, 0.15) is 0 Å². The molecule has 1 heterocycles. The number of carbonyl (C=O) groups is 1. The molecule has 2 rings (SSSR count). The second-order valence-corrected chi connectivity index (χ2v) is 6.07. The van der Waals surface area contributed by atoms with E-state index >= 15 is 0 Å². The Morgan fingerprint density at radius 1 is 1.59 bits per heavy atom. The van der Waals surface area contributed by atoms with Crippen LogP contribution in [0.2, 0.25) is 5.02 Å². The minimum Gasteiger partial charge on any atom is -0.398 e. The average Bonchev–Trinajstić information content (AvgIpc) is 2.32. The lowest BCUT2D eigenvalue weighted by Crippen LogP contribution is -2.41. The maximum absolute atomic E-state index is 12.3. The van der Waals surface area contributed by atoms with Crippen LogP contribution in [0.5, 0.6) is 0 Å². The Kier molecular flexibility index (Phi) is 3.84. The van der Waals surface area contributed by atoms with Gasteiger partial charge in [0.05, 0.1) is 16.3 Å². The first kappa shape index (κ1) is 12.6. The van der Waals surface area contributed by atoms with Crippen LogP contribution in [0.15, 0.2) is 18.2 Å². The number of nitrogens with zero attached hydrogens (tertiary/aromatic N) is 1. The van der Waals surface area contributed by atoms with Gasteiger partial charge in [-0.1, -0.05) is 24.6 Å². The third-order valence-corrected chi connectivity index (χ3v) is 4.35. The fourth-order valence-electron chi connectivity index (χ4n) is 1.89. The Labute approximate surface area is 110 Å². The van der Waals surface area contributed by atoms with Gasteiger partial charge in [-0.2, -0.15) is 11.8 Å². The van der Waals surface area contributed by atoms with E-state index in [9.17, 15) is 4.79 Å². The summed E-state index contributed by atoms with van der Waals surface area (Å²) >= 11 is 7.96. The van der Waals surface area contributed by atoms with Crippen LogP contribution in [0.4, 0.5) is 5.69 Å². The molecule has 0 aromatic heterocycles. The molecule has 1 fully saturated rings. The highest BCUT2D eigenvalue weighted by molar-refractivity contribution is 7.99. The molecule has 0 saturated carbocycles. The van der Waals surface area contributed by atoms with E-state index in [2.05, 4.69) is 6.92 Å². The van der Waals surface area contributed by atoms with Crippen LogP contribution >= 0.6 is 23.4 Å². The topological polar surface area (TPSA) is 46.3 Å². The highest BCUT2D eigenvalue weighted by Crippen LogP contribution is 2.26. The second kappa shape index (κ2) is 5.19. The molecular formula is C12H15ClN2OS. The summed E-state index contributed by atoms with van der Waals surface area (Å²) in [6.45, 7) is 3.68. The molecule has 1 atom stereocenters. The van der Waals surface area contributed by atoms with Gasteiger partial charge in [0.2, 0.25) is 0 Å². The summed E-state index contributed by atoms with van der Waals surface area (Å²) in [5, 5.41) is 0.843. The van der Waals surface area contributed by atoms with Crippen LogP contribution < -0.4 is 5.73 Å². The van der Waals surface area contributed by atoms with E-state index in [1.165, 1.54) is 0 Å². The predicted molar refractivity (Wildman–Crippen MR) is 73.7 cm³/mol. The summed E-state index contributed by atoms with van der Waals surface area (Å²) in [7, 11) is 0. The number of hydrogen-bond acceptors (Lipinski definition) is 3. The van der Waals surface area contributed by atoms with Crippen LogP contribution in [-0.2, 0) is 0 Å². The van der Waals surface area contributed by atoms with Gasteiger partial charge >= 0.3 is 0 Å². The largest absolute Gasteiger partial charge is 0.398 e. The Morgan fingerprint density at radius 2 is 2.35 bits per heavy atom. The normalized spacial score (nSPS) is 20.4. The van der Waals surface area contributed by atoms with Crippen molar-refractivity contribution in [2.24, 2.45) is 0 Å². The molecule has 1 aromatic rings. The average molecular weight is 271 g/mol. The first-order valence-electron chi connectivity index (χ1n) is 5.54. The molecule has 1 aliphatic heterocycles. The summed E-state index contributed by atoms with van der Waals surface area (Å²) in [5.74, 6) is 0.960. The van der Waals surface area contributed by atoms with Crippen molar-refractivity contribution in [3.63, 3.8) is 0 Å². The fraction of sp³-hybridized carbons (Fsp3) is 0.417. The Morgan fingerprint density at radius 3 is 3.06 bits per heavy atom. The van der Waals surface area contributed by atoms with Crippen LogP contribution in [0, 0.1) is 0 Å². The summed E-state index contributed by atoms with van der Waals surface area (Å²) in [5.41, 5.74) is 6.67. The quantitative estimate of drug-likeness (QED) is 0.798. The molecule has 0 bridgehead atoms. The Bertz CT molecular complexity index is 439. The zero-order valence-corrected chi connectivity index (χ0v) is 11.2. The lowest BCUT2D eigenvalue weighted by Gasteiger charge is -2.30. The molecule has 1 unspecified atom stereocenters. The van der Waals surface area contributed by atoms with Crippen LogP contribution in [0.3, 0.4) is 0 Å². The van der Waals surface area contributed by atoms with Gasteiger partial charge < -0.3 is 10.6 Å². The smallest absolute Gasteiger partial charge is 0.255 e. The molecule has 0 aliphatic carbocycles. The van der Waals surface area contributed by atoms with Gasteiger partial charge in [-0.25, -0.2) is 0 Å². The van der Waals surface area contributed by atoms with Crippen molar-refractivity contribution in [3.05, 3.63) is 28.8 Å². The van der Waals surface area contributed by atoms with Gasteiger partial charge in [-0.05, 0) is 12.1 Å². The standard InChI is InChI=1S/C12H15ClN2OS/c1-8-7-15(5-6-17-8)12(16)9-3-2-4-10(14)11(9)13/h2-4,8H,5-7,14H2,1H3. The number of anilines is 1. The molecule has 1 aliphatic rings. The molecule has 1 amide bonds. The Hall–Kier alpha value is -0.870. The zero-order valence-electron chi connectivity index (χ0n) is 9.65. The van der Waals surface area contributed by atoms with Crippen LogP contribution in [0.25, 0.3) is 0 Å². The SMILES string of the molecule is CC1CN(C(=O)c2cccc(N)c2Cl)CCS1. The molecule has 3 nitrogen and oxygen atoms in total. The first-order valence-corrected chi connectivity index (χ1v) is 6.97. The minimum absolute atomic E-state index is 0.0190. The van der Waals surface area contributed by atoms with Crippen molar-refractivity contribution in [2.45, 2.75) is 12.2 Å². The van der Waals surface area contributed by atoms with Crippen molar-refractivity contribution in [1.82, 2.24) is 4.90 Å². The summed E-state index contributed by atoms with van der Waals surface area (Å²) in [6.07, 6.45) is 0. The number of carbonyl (C=O) groups excluding carboxylic acids is 1. The van der Waals surface area contributed by atoms with E-state index < -0.39 is 0 Å². The summed E-state index contributed by atoms with van der Waals surface area (Å²) < 4.78 is 0. The van der Waals surface area contributed by atoms with E-state index in [0.717, 1.165) is 18.8 Å². The predicted octanol–water partition coefficient (Wildman–Crippen LogP) is 2.50. The molecule has 92 valence electrons. The molecule has 0 spiro atoms. The van der Waals surface area contributed by atoms with E-state index in [1.54, 1.807) is 18.2 Å². The van der Waals surface area contributed by atoms with Crippen LogP contribution in [-0.4, -0.2) is 34.9 Å². The van der Waals surface area contributed by atoms with Crippen molar-refractivity contribution >= 4 is 35.0 Å². The molecule has 2 N–H and O–H groups in total. The molecule has 17 heavy (non-hydrogen) atoms. The molecule has 5 heteroatoms. The van der Waals surface area contributed by atoms with Crippen molar-refractivity contribution in [3.8, 4) is 0 Å². The molecule has 0 radical (unpaired) electrons. The Balaban J connectivity index is 2.22. The monoisotopic (exact) mass is 270 g/mol. The first-order chi connectivity index (χ1) is 8.09. The molecule has 1 saturated heterocycles. The lowest BCUT2D eigenvalue weighted by atomic mass is 10.1. The van der Waals surface area contributed by atoms with Gasteiger partial charge in [0.25, 0.3) is 5.91 Å². The minimum atomic E-state index is -0.0190. The van der Waals surface area contributed by atoms with Crippen molar-refractivity contribution in [2.75, 3.05) is 24.6 Å². The number of benzene rings is 1. The van der Waals surface area contributed by atoms with Crippen LogP contribution in [0.1, 0.15) is 17.3 Å². The molecule has 1 aromatic carbocycles. The second-order valence-electron chi connectivity index (χ2n) is 4.14. The van der Waals surface area contributed by atoms with E-state index in [1.807, 2.05) is 16.7 Å². The number of amides is 1. The van der Waals surface area contributed by atoms with Crippen molar-refractivity contribution in [1.29, 1.82) is 0 Å². The maximum atomic E-state index is 12.3. The summed E-state index contributed by atoms with van der Waals surface area (Å²) in [6, 6.07) is 5.19. The molecular weight excluding hydrogens is 256 g/mol. The highest BCUT2D eigenvalue weighted by Gasteiger charge is 2.24. The van der Waals surface area contributed by atoms with E-state index in [4.69, 9.17) is 17.3 Å². The fourth-order valence-corrected chi connectivity index (χ4v) is 3.11. The highest BCUT2D eigenvalue weighted by atomic mass is 35.5. The number of rotatable bonds is 1. The summed E-state index contributed by atoms with van der Waals surface area (Å²) in [4.78, 5) is 14.1. The van der Waals surface area contributed by atoms with Gasteiger partial charge in [0.15, 0.2) is 0 Å². The third-order valence-electron chi connectivity index (χ3n) is 2.79. The third kappa shape index (κ3) is 2.69. The van der Waals surface area contributed by atoms with E-state index in [-0.39, 0.29) is 5.91 Å². The number of thioether (sulfide) groups is 1. The van der Waals surface area contributed by atoms with E-state index in [0.29, 0.717) is 21.5 Å². The number of hydrogen-bond donors (Lipinski definition) is 1. The lowest BCUT2D eigenvalue weighted by molar-refractivity contribution is 0.0763. The maximum Gasteiger partial charge on any atom is 0.255 e. The number of halogens is 1. The van der Waals surface area contributed by atoms with Gasteiger partial charge in [-0.3, -0.25) is 4.79 Å². The number of nitrogen functional groups attached to an aromatic ring is 1. The van der Waals surface area contributed by atoms with Gasteiger partial charge in [0, 0.05) is 24.1 Å². The van der Waals surface area contributed by atoms with Gasteiger partial charge in [-0.15, -0.1) is 0 Å². The van der Waals surface area contributed by atoms with Crippen molar-refractivity contribution < 1.29 is 4.79 Å².